The van der Waals surface area contributed by atoms with Crippen molar-refractivity contribution in [3.63, 3.8) is 0 Å². The van der Waals surface area contributed by atoms with Crippen molar-refractivity contribution in [2.24, 2.45) is 0 Å². The van der Waals surface area contributed by atoms with E-state index < -0.39 is 0 Å². The summed E-state index contributed by atoms with van der Waals surface area (Å²) < 4.78 is 4.79. The van der Waals surface area contributed by atoms with Crippen LogP contribution in [0.5, 0.6) is 0 Å². The Kier molecular flexibility index (Phi) is 6.13. The fourth-order valence-corrected chi connectivity index (χ4v) is 0.366. The van der Waals surface area contributed by atoms with Gasteiger partial charge in [0, 0.05) is 20.0 Å². The molecular weight excluding hydrogens is 100 g/mol. The Morgan fingerprint density at radius 3 is 2.62 bits per heavy atom. The van der Waals surface area contributed by atoms with Gasteiger partial charge in [0.25, 0.3) is 0 Å². The van der Waals surface area contributed by atoms with Crippen LogP contribution >= 0.6 is 0 Å². The molecule has 8 heavy (non-hydrogen) atoms. The van der Waals surface area contributed by atoms with Crippen LogP contribution in [0.2, 0.25) is 0 Å². The van der Waals surface area contributed by atoms with E-state index in [0.717, 1.165) is 19.4 Å². The molecule has 46 valence electrons. The summed E-state index contributed by atoms with van der Waals surface area (Å²) in [5.41, 5.74) is 0. The van der Waals surface area contributed by atoms with Crippen LogP contribution in [-0.2, 0) is 4.74 Å². The second kappa shape index (κ2) is 6.52. The van der Waals surface area contributed by atoms with E-state index in [1.165, 1.54) is 0 Å². The van der Waals surface area contributed by atoms with Crippen LogP contribution in [0.15, 0.2) is 0 Å². The highest BCUT2D eigenvalue weighted by Gasteiger charge is 1.72. The minimum atomic E-state index is 0.757. The molecule has 0 aliphatic rings. The molecule has 0 rings (SSSR count). The molecule has 0 aliphatic heterocycles. The Bertz CT molecular complexity index is 86.3. The van der Waals surface area contributed by atoms with Crippen molar-refractivity contribution in [2.45, 2.75) is 19.8 Å². The molecule has 0 aromatic rings. The van der Waals surface area contributed by atoms with Crippen molar-refractivity contribution < 1.29 is 4.74 Å². The quantitative estimate of drug-likeness (QED) is 0.388. The summed E-state index contributed by atoms with van der Waals surface area (Å²) in [6.45, 7) is 2.80. The first-order valence-electron chi connectivity index (χ1n) is 2.86. The van der Waals surface area contributed by atoms with E-state index in [2.05, 4.69) is 11.8 Å². The summed E-state index contributed by atoms with van der Waals surface area (Å²) in [7, 11) is 1.69. The smallest absolute Gasteiger partial charge is 0.0571 e. The summed E-state index contributed by atoms with van der Waals surface area (Å²) in [5.74, 6) is 5.91. The Hall–Kier alpha value is -0.480. The summed E-state index contributed by atoms with van der Waals surface area (Å²) in [6.07, 6.45) is 1.81. The predicted octanol–water partition coefficient (Wildman–Crippen LogP) is 1.44. The Labute approximate surface area is 51.0 Å². The number of ether oxygens (including phenoxy) is 1. The third kappa shape index (κ3) is 5.52. The van der Waals surface area contributed by atoms with E-state index in [4.69, 9.17) is 4.74 Å². The Morgan fingerprint density at radius 2 is 2.12 bits per heavy atom. The van der Waals surface area contributed by atoms with Crippen LogP contribution in [0.1, 0.15) is 19.8 Å². The molecule has 0 atom stereocenters. The van der Waals surface area contributed by atoms with Crippen molar-refractivity contribution in [2.75, 3.05) is 13.7 Å². The van der Waals surface area contributed by atoms with Gasteiger partial charge in [-0.3, -0.25) is 0 Å². The van der Waals surface area contributed by atoms with Crippen molar-refractivity contribution in [1.82, 2.24) is 0 Å². The minimum absolute atomic E-state index is 0.757. The van der Waals surface area contributed by atoms with Gasteiger partial charge in [-0.25, -0.2) is 0 Å². The van der Waals surface area contributed by atoms with Gasteiger partial charge in [-0.15, -0.1) is 11.8 Å². The van der Waals surface area contributed by atoms with Crippen LogP contribution in [0.4, 0.5) is 0 Å². The minimum Gasteiger partial charge on any atom is -0.384 e. The topological polar surface area (TPSA) is 9.23 Å². The zero-order valence-electron chi connectivity index (χ0n) is 5.53. The molecule has 0 aliphatic carbocycles. The lowest BCUT2D eigenvalue weighted by Gasteiger charge is -1.85. The fourth-order valence-electron chi connectivity index (χ4n) is 0.366. The SMILES string of the molecule is CCC#CCCOC. The lowest BCUT2D eigenvalue weighted by molar-refractivity contribution is 0.206. The van der Waals surface area contributed by atoms with Gasteiger partial charge in [-0.2, -0.15) is 0 Å². The third-order valence-electron chi connectivity index (χ3n) is 0.733. The van der Waals surface area contributed by atoms with Gasteiger partial charge in [0.1, 0.15) is 0 Å². The summed E-state index contributed by atoms with van der Waals surface area (Å²) in [5, 5.41) is 0. The third-order valence-corrected chi connectivity index (χ3v) is 0.733. The van der Waals surface area contributed by atoms with E-state index in [1.807, 2.05) is 6.92 Å². The Balaban J connectivity index is 2.90. The van der Waals surface area contributed by atoms with Gasteiger partial charge in [-0.1, -0.05) is 6.92 Å². The molecule has 0 radical (unpaired) electrons. The molecule has 0 aromatic carbocycles. The maximum Gasteiger partial charge on any atom is 0.0571 e. The highest BCUT2D eigenvalue weighted by atomic mass is 16.5. The average Bonchev–Trinajstić information content (AvgIpc) is 1.81. The van der Waals surface area contributed by atoms with Crippen LogP contribution < -0.4 is 0 Å². The summed E-state index contributed by atoms with van der Waals surface area (Å²) in [4.78, 5) is 0. The lowest BCUT2D eigenvalue weighted by Crippen LogP contribution is -1.83. The molecule has 0 aromatic heterocycles. The van der Waals surface area contributed by atoms with Gasteiger partial charge in [0.15, 0.2) is 0 Å². The van der Waals surface area contributed by atoms with Crippen LogP contribution in [0.3, 0.4) is 0 Å². The monoisotopic (exact) mass is 112 g/mol. The van der Waals surface area contributed by atoms with Crippen LogP contribution in [0, 0.1) is 11.8 Å². The second-order valence-corrected chi connectivity index (χ2v) is 1.45. The maximum absolute atomic E-state index is 4.79. The molecule has 0 heterocycles. The highest BCUT2D eigenvalue weighted by molar-refractivity contribution is 4.97. The molecule has 0 unspecified atom stereocenters. The molecule has 1 nitrogen and oxygen atoms in total. The molecule has 0 bridgehead atoms. The summed E-state index contributed by atoms with van der Waals surface area (Å²) in [6, 6.07) is 0. The molecule has 0 fully saturated rings. The Morgan fingerprint density at radius 1 is 1.38 bits per heavy atom. The maximum atomic E-state index is 4.79. The van der Waals surface area contributed by atoms with Crippen molar-refractivity contribution in [1.29, 1.82) is 0 Å². The van der Waals surface area contributed by atoms with Gasteiger partial charge < -0.3 is 4.74 Å². The molecule has 0 saturated carbocycles. The standard InChI is InChI=1S/C7H12O/c1-3-4-5-6-7-8-2/h3,6-7H2,1-2H3. The second-order valence-electron chi connectivity index (χ2n) is 1.45. The zero-order chi connectivity index (χ0) is 6.24. The van der Waals surface area contributed by atoms with Crippen molar-refractivity contribution >= 4 is 0 Å². The zero-order valence-corrected chi connectivity index (χ0v) is 5.53. The van der Waals surface area contributed by atoms with Gasteiger partial charge >= 0.3 is 0 Å². The summed E-state index contributed by atoms with van der Waals surface area (Å²) >= 11 is 0. The van der Waals surface area contributed by atoms with E-state index >= 15 is 0 Å². The average molecular weight is 112 g/mol. The first-order valence-corrected chi connectivity index (χ1v) is 2.86. The van der Waals surface area contributed by atoms with Gasteiger partial charge in [0.2, 0.25) is 0 Å². The molecule has 0 N–H and O–H groups in total. The highest BCUT2D eigenvalue weighted by Crippen LogP contribution is 1.76. The van der Waals surface area contributed by atoms with E-state index in [9.17, 15) is 0 Å². The normalized spacial score (nSPS) is 7.75. The van der Waals surface area contributed by atoms with Gasteiger partial charge in [-0.05, 0) is 0 Å². The van der Waals surface area contributed by atoms with Crippen molar-refractivity contribution in [3.8, 4) is 11.8 Å². The largest absolute Gasteiger partial charge is 0.384 e. The van der Waals surface area contributed by atoms with Crippen molar-refractivity contribution in [3.05, 3.63) is 0 Å². The number of methoxy groups -OCH3 is 1. The molecule has 0 spiro atoms. The molecule has 1 heteroatoms. The van der Waals surface area contributed by atoms with E-state index in [0.29, 0.717) is 0 Å². The molecular formula is C7H12O. The van der Waals surface area contributed by atoms with Gasteiger partial charge in [0.05, 0.1) is 6.61 Å². The molecule has 0 saturated heterocycles. The number of hydrogen-bond donors (Lipinski definition) is 0. The van der Waals surface area contributed by atoms with E-state index in [1.54, 1.807) is 7.11 Å². The number of rotatable bonds is 2. The fraction of sp³-hybridized carbons (Fsp3) is 0.714. The number of hydrogen-bond acceptors (Lipinski definition) is 1. The first-order chi connectivity index (χ1) is 3.91. The predicted molar refractivity (Wildman–Crippen MR) is 34.6 cm³/mol. The molecule has 0 amide bonds. The lowest BCUT2D eigenvalue weighted by atomic mass is 10.4. The van der Waals surface area contributed by atoms with Crippen LogP contribution in [0.25, 0.3) is 0 Å². The van der Waals surface area contributed by atoms with E-state index in [-0.39, 0.29) is 0 Å². The first kappa shape index (κ1) is 7.52. The van der Waals surface area contributed by atoms with Crippen LogP contribution in [-0.4, -0.2) is 13.7 Å².